The second-order valence-corrected chi connectivity index (χ2v) is 9.08. The van der Waals surface area contributed by atoms with E-state index in [1.54, 1.807) is 55.7 Å². The summed E-state index contributed by atoms with van der Waals surface area (Å²) in [6, 6.07) is 14.0. The number of amides is 1. The Labute approximate surface area is 183 Å². The van der Waals surface area contributed by atoms with Gasteiger partial charge in [-0.1, -0.05) is 32.9 Å². The average Bonchev–Trinajstić information content (AvgIpc) is 3.06. The number of carbonyl (C=O) groups excluding carboxylic acids is 2. The topological polar surface area (TPSA) is 88.3 Å². The molecule has 0 saturated carbocycles. The van der Waals surface area contributed by atoms with E-state index in [0.29, 0.717) is 26.2 Å². The average molecular weight is 437 g/mol. The van der Waals surface area contributed by atoms with Crippen molar-refractivity contribution in [2.24, 2.45) is 5.41 Å². The number of Topliss-reactive ketones (excluding diaryl/α,β-unsaturated/α-hetero) is 1. The summed E-state index contributed by atoms with van der Waals surface area (Å²) in [5, 5.41) is 2.85. The number of nitrogens with one attached hydrogen (secondary N) is 2. The second-order valence-electron chi connectivity index (χ2n) is 8.00. The van der Waals surface area contributed by atoms with Crippen molar-refractivity contribution in [3.63, 3.8) is 0 Å². The third-order valence-corrected chi connectivity index (χ3v) is 5.44. The van der Waals surface area contributed by atoms with Gasteiger partial charge in [-0.05, 0) is 48.0 Å². The zero-order valence-corrected chi connectivity index (χ0v) is 18.6. The van der Waals surface area contributed by atoms with E-state index in [1.165, 1.54) is 17.4 Å². The smallest absolute Gasteiger partial charge is 0.266 e. The Morgan fingerprint density at radius 2 is 1.81 bits per heavy atom. The van der Waals surface area contributed by atoms with Crippen LogP contribution >= 0.6 is 11.3 Å². The van der Waals surface area contributed by atoms with E-state index in [1.807, 2.05) is 26.8 Å². The Balaban J connectivity index is 1.84. The largest absolute Gasteiger partial charge is 0.497 e. The molecule has 0 aliphatic heterocycles. The Morgan fingerprint density at radius 1 is 1.10 bits per heavy atom. The van der Waals surface area contributed by atoms with Crippen molar-refractivity contribution in [2.75, 3.05) is 12.4 Å². The predicted molar refractivity (Wildman–Crippen MR) is 124 cm³/mol. The molecule has 0 aliphatic carbocycles. The molecule has 1 aromatic heterocycles. The van der Waals surface area contributed by atoms with Crippen LogP contribution in [-0.2, 0) is 4.79 Å². The van der Waals surface area contributed by atoms with Crippen molar-refractivity contribution in [1.82, 2.24) is 4.98 Å². The number of ether oxygens (including phenoxy) is 1. The Hall–Kier alpha value is -3.45. The quantitative estimate of drug-likeness (QED) is 0.644. The first-order valence-electron chi connectivity index (χ1n) is 9.68. The van der Waals surface area contributed by atoms with E-state index in [2.05, 4.69) is 10.3 Å². The van der Waals surface area contributed by atoms with Gasteiger partial charge in [0.05, 0.1) is 16.3 Å². The van der Waals surface area contributed by atoms with Gasteiger partial charge in [-0.2, -0.15) is 0 Å². The lowest BCUT2D eigenvalue weighted by molar-refractivity contribution is -0.119. The number of carbonyl (C=O) groups is 2. The first kappa shape index (κ1) is 22.2. The minimum atomic E-state index is -0.513. The van der Waals surface area contributed by atoms with Gasteiger partial charge in [-0.25, -0.2) is 0 Å². The van der Waals surface area contributed by atoms with Crippen molar-refractivity contribution in [1.29, 1.82) is 0 Å². The van der Waals surface area contributed by atoms with Gasteiger partial charge in [0.25, 0.3) is 11.5 Å². The Bertz CT molecular complexity index is 1280. The minimum absolute atomic E-state index is 0.0557. The fraction of sp³-hybridized carbons (Fsp3) is 0.208. The van der Waals surface area contributed by atoms with Crippen LogP contribution < -0.4 is 24.8 Å². The normalized spacial score (nSPS) is 12.6. The zero-order valence-electron chi connectivity index (χ0n) is 17.8. The summed E-state index contributed by atoms with van der Waals surface area (Å²) in [6.07, 6.45) is 3.19. The third kappa shape index (κ3) is 5.79. The number of hydrogen-bond donors (Lipinski definition) is 2. The SMILES string of the molecule is COc1ccc(C(=O)Nc2cccc(/C=c3\s/c(=C\C(=O)C(C)(C)C)[nH]c3=O)c2)cc1. The number of thiazole rings is 1. The maximum Gasteiger partial charge on any atom is 0.266 e. The van der Waals surface area contributed by atoms with E-state index >= 15 is 0 Å². The predicted octanol–water partition coefficient (Wildman–Crippen LogP) is 2.92. The van der Waals surface area contributed by atoms with Crippen LogP contribution in [0.1, 0.15) is 36.7 Å². The van der Waals surface area contributed by atoms with Crippen LogP contribution in [0.3, 0.4) is 0 Å². The number of aromatic nitrogens is 1. The maximum atomic E-state index is 12.5. The lowest BCUT2D eigenvalue weighted by atomic mass is 9.91. The summed E-state index contributed by atoms with van der Waals surface area (Å²) in [6.45, 7) is 5.49. The zero-order chi connectivity index (χ0) is 22.6. The molecule has 3 aromatic rings. The first-order valence-corrected chi connectivity index (χ1v) is 10.5. The number of aromatic amines is 1. The first-order chi connectivity index (χ1) is 14.7. The van der Waals surface area contributed by atoms with E-state index in [9.17, 15) is 14.4 Å². The van der Waals surface area contributed by atoms with Crippen LogP contribution in [-0.4, -0.2) is 23.8 Å². The van der Waals surface area contributed by atoms with E-state index < -0.39 is 5.41 Å². The van der Waals surface area contributed by atoms with Crippen LogP contribution in [0.4, 0.5) is 5.69 Å². The second kappa shape index (κ2) is 9.14. The van der Waals surface area contributed by atoms with Gasteiger partial charge in [-0.15, -0.1) is 11.3 Å². The molecule has 1 amide bonds. The molecule has 31 heavy (non-hydrogen) atoms. The van der Waals surface area contributed by atoms with Crippen molar-refractivity contribution >= 4 is 40.9 Å². The third-order valence-electron chi connectivity index (χ3n) is 4.48. The fourth-order valence-electron chi connectivity index (χ4n) is 2.66. The molecule has 7 heteroatoms. The highest BCUT2D eigenvalue weighted by Gasteiger charge is 2.18. The summed E-state index contributed by atoms with van der Waals surface area (Å²) in [4.78, 5) is 39.7. The molecule has 0 bridgehead atoms. The van der Waals surface area contributed by atoms with Crippen LogP contribution in [0.15, 0.2) is 53.3 Å². The van der Waals surface area contributed by atoms with Crippen molar-refractivity contribution in [2.45, 2.75) is 20.8 Å². The molecular formula is C24H24N2O4S. The molecule has 2 N–H and O–H groups in total. The summed E-state index contributed by atoms with van der Waals surface area (Å²) in [7, 11) is 1.57. The molecule has 0 saturated heterocycles. The van der Waals surface area contributed by atoms with E-state index in [0.717, 1.165) is 5.56 Å². The number of rotatable bonds is 5. The molecule has 160 valence electrons. The molecular weight excluding hydrogens is 412 g/mol. The highest BCUT2D eigenvalue weighted by molar-refractivity contribution is 7.07. The number of benzene rings is 2. The molecule has 3 rings (SSSR count). The standard InChI is InChI=1S/C24H24N2O4S/c1-24(2,3)20(27)14-21-26-23(29)19(31-21)13-15-6-5-7-17(12-15)25-22(28)16-8-10-18(30-4)11-9-16/h5-14H,1-4H3,(H,25,28)(H,26,29)/b19-13-,21-14-. The molecule has 0 radical (unpaired) electrons. The Morgan fingerprint density at radius 3 is 2.45 bits per heavy atom. The van der Waals surface area contributed by atoms with Gasteiger partial charge < -0.3 is 15.0 Å². The highest BCUT2D eigenvalue weighted by atomic mass is 32.1. The van der Waals surface area contributed by atoms with Gasteiger partial charge in [0.2, 0.25) is 0 Å². The maximum absolute atomic E-state index is 12.5. The minimum Gasteiger partial charge on any atom is -0.497 e. The molecule has 1 heterocycles. The monoisotopic (exact) mass is 436 g/mol. The molecule has 0 spiro atoms. The van der Waals surface area contributed by atoms with Gasteiger partial charge in [0.1, 0.15) is 5.75 Å². The van der Waals surface area contributed by atoms with Gasteiger partial charge in [-0.3, -0.25) is 14.4 Å². The number of ketones is 1. The molecule has 0 fully saturated rings. The number of hydrogen-bond acceptors (Lipinski definition) is 5. The van der Waals surface area contributed by atoms with Crippen LogP contribution in [0, 0.1) is 5.41 Å². The number of H-pyrrole nitrogens is 1. The lowest BCUT2D eigenvalue weighted by Crippen LogP contribution is -2.22. The molecule has 0 aliphatic rings. The van der Waals surface area contributed by atoms with Crippen molar-refractivity contribution in [3.05, 3.63) is 79.2 Å². The summed E-state index contributed by atoms with van der Waals surface area (Å²) in [5.41, 5.74) is 1.10. The van der Waals surface area contributed by atoms with E-state index in [4.69, 9.17) is 4.74 Å². The van der Waals surface area contributed by atoms with Crippen LogP contribution in [0.2, 0.25) is 0 Å². The summed E-state index contributed by atoms with van der Waals surface area (Å²) >= 11 is 1.22. The van der Waals surface area contributed by atoms with Crippen LogP contribution in [0.25, 0.3) is 12.2 Å². The molecule has 2 aromatic carbocycles. The lowest BCUT2D eigenvalue weighted by Gasteiger charge is -2.12. The molecule has 6 nitrogen and oxygen atoms in total. The van der Waals surface area contributed by atoms with Gasteiger partial charge in [0.15, 0.2) is 5.78 Å². The Kier molecular flexibility index (Phi) is 6.56. The fourth-order valence-corrected chi connectivity index (χ4v) is 3.55. The van der Waals surface area contributed by atoms with Crippen LogP contribution in [0.5, 0.6) is 5.75 Å². The van der Waals surface area contributed by atoms with Gasteiger partial charge in [0, 0.05) is 22.7 Å². The van der Waals surface area contributed by atoms with Gasteiger partial charge >= 0.3 is 0 Å². The van der Waals surface area contributed by atoms with E-state index in [-0.39, 0.29) is 17.2 Å². The highest BCUT2D eigenvalue weighted by Crippen LogP contribution is 2.16. The van der Waals surface area contributed by atoms with Crippen molar-refractivity contribution < 1.29 is 14.3 Å². The summed E-state index contributed by atoms with van der Waals surface area (Å²) in [5.74, 6) is 0.376. The number of methoxy groups -OCH3 is 1. The van der Waals surface area contributed by atoms with Crippen molar-refractivity contribution in [3.8, 4) is 5.75 Å². The summed E-state index contributed by atoms with van der Waals surface area (Å²) < 4.78 is 6.10. The molecule has 0 atom stereocenters. The molecule has 0 unspecified atom stereocenters. The number of anilines is 1.